The second-order valence-corrected chi connectivity index (χ2v) is 7.17. The molecule has 1 saturated heterocycles. The number of aryl methyl sites for hydroxylation is 1. The second kappa shape index (κ2) is 5.39. The van der Waals surface area contributed by atoms with Crippen LogP contribution in [-0.4, -0.2) is 28.5 Å². The van der Waals surface area contributed by atoms with Crippen LogP contribution in [-0.2, 0) is 15.7 Å². The molecule has 0 spiro atoms. The van der Waals surface area contributed by atoms with Gasteiger partial charge in [0.2, 0.25) is 0 Å². The average molecular weight is 300 g/mol. The minimum Gasteiger partial charge on any atom is -0.399 e. The molecule has 4 nitrogen and oxygen atoms in total. The summed E-state index contributed by atoms with van der Waals surface area (Å²) < 4.78 is 12.2. The van der Waals surface area contributed by atoms with E-state index in [-0.39, 0.29) is 18.3 Å². The Hall–Kier alpha value is -1.33. The van der Waals surface area contributed by atoms with Crippen LogP contribution in [0.2, 0.25) is 0 Å². The van der Waals surface area contributed by atoms with Gasteiger partial charge in [0.15, 0.2) is 0 Å². The fourth-order valence-electron chi connectivity index (χ4n) is 2.75. The lowest BCUT2D eigenvalue weighted by atomic mass is 9.79. The highest BCUT2D eigenvalue weighted by Crippen LogP contribution is 2.36. The summed E-state index contributed by atoms with van der Waals surface area (Å²) in [5.74, 6) is 0. The number of hydrogen-bond donors (Lipinski definition) is 1. The van der Waals surface area contributed by atoms with Crippen molar-refractivity contribution in [2.75, 3.05) is 0 Å². The molecule has 0 aliphatic carbocycles. The van der Waals surface area contributed by atoms with E-state index in [4.69, 9.17) is 9.31 Å². The van der Waals surface area contributed by atoms with E-state index in [0.29, 0.717) is 0 Å². The van der Waals surface area contributed by atoms with Gasteiger partial charge < -0.3 is 9.31 Å². The Morgan fingerprint density at radius 3 is 2.45 bits per heavy atom. The molecule has 0 unspecified atom stereocenters. The smallest absolute Gasteiger partial charge is 0.399 e. The number of aromatic nitrogens is 2. The largest absolute Gasteiger partial charge is 0.494 e. The molecule has 1 aromatic carbocycles. The highest BCUT2D eigenvalue weighted by atomic mass is 16.7. The molecule has 1 N–H and O–H groups in total. The third-order valence-corrected chi connectivity index (χ3v) is 4.96. The van der Waals surface area contributed by atoms with E-state index >= 15 is 0 Å². The zero-order valence-corrected chi connectivity index (χ0v) is 14.2. The Bertz CT molecular complexity index is 662. The van der Waals surface area contributed by atoms with Crippen LogP contribution >= 0.6 is 0 Å². The van der Waals surface area contributed by atoms with Crippen molar-refractivity contribution >= 4 is 23.5 Å². The summed E-state index contributed by atoms with van der Waals surface area (Å²) in [7, 11) is -0.329. The van der Waals surface area contributed by atoms with Gasteiger partial charge in [0.25, 0.3) is 0 Å². The number of nitrogens with one attached hydrogen (secondary N) is 1. The summed E-state index contributed by atoms with van der Waals surface area (Å²) in [5, 5.41) is 8.81. The van der Waals surface area contributed by atoms with Gasteiger partial charge in [-0.15, -0.1) is 0 Å². The molecule has 0 amide bonds. The van der Waals surface area contributed by atoms with E-state index in [2.05, 4.69) is 63.0 Å². The second-order valence-electron chi connectivity index (χ2n) is 7.17. The zero-order valence-electron chi connectivity index (χ0n) is 14.2. The van der Waals surface area contributed by atoms with Crippen LogP contribution in [0, 0.1) is 0 Å². The van der Waals surface area contributed by atoms with Crippen LogP contribution < -0.4 is 5.46 Å². The molecule has 0 atom stereocenters. The van der Waals surface area contributed by atoms with E-state index < -0.39 is 0 Å². The van der Waals surface area contributed by atoms with Gasteiger partial charge >= 0.3 is 7.12 Å². The van der Waals surface area contributed by atoms with E-state index in [1.807, 2.05) is 0 Å². The van der Waals surface area contributed by atoms with Crippen LogP contribution in [0.15, 0.2) is 18.2 Å². The molecule has 1 aliphatic rings. The minimum atomic E-state index is -0.329. The Morgan fingerprint density at radius 1 is 1.14 bits per heavy atom. The average Bonchev–Trinajstić information content (AvgIpc) is 2.94. The van der Waals surface area contributed by atoms with Crippen LogP contribution in [0.4, 0.5) is 0 Å². The number of benzene rings is 1. The van der Waals surface area contributed by atoms with Crippen LogP contribution in [0.5, 0.6) is 0 Å². The molecule has 1 aliphatic heterocycles. The molecule has 1 aromatic heterocycles. The number of rotatable bonds is 4. The van der Waals surface area contributed by atoms with Crippen molar-refractivity contribution < 1.29 is 9.31 Å². The molecular weight excluding hydrogens is 275 g/mol. The van der Waals surface area contributed by atoms with Crippen molar-refractivity contribution in [1.29, 1.82) is 0 Å². The van der Waals surface area contributed by atoms with Crippen molar-refractivity contribution in [3.05, 3.63) is 23.9 Å². The normalized spacial score (nSPS) is 20.0. The van der Waals surface area contributed by atoms with Gasteiger partial charge in [-0.1, -0.05) is 25.5 Å². The molecule has 3 rings (SSSR count). The van der Waals surface area contributed by atoms with E-state index in [1.54, 1.807) is 0 Å². The first-order valence-corrected chi connectivity index (χ1v) is 8.16. The van der Waals surface area contributed by atoms with Gasteiger partial charge in [0.05, 0.1) is 16.7 Å². The Labute approximate surface area is 132 Å². The van der Waals surface area contributed by atoms with Crippen LogP contribution in [0.3, 0.4) is 0 Å². The molecule has 2 aromatic rings. The fourth-order valence-corrected chi connectivity index (χ4v) is 2.75. The quantitative estimate of drug-likeness (QED) is 0.882. The number of unbranched alkanes of at least 4 members (excludes halogenated alkanes) is 1. The number of nitrogens with zero attached hydrogens (tertiary/aromatic N) is 1. The lowest BCUT2D eigenvalue weighted by Crippen LogP contribution is -2.41. The maximum atomic E-state index is 6.11. The molecule has 2 heterocycles. The molecule has 22 heavy (non-hydrogen) atoms. The number of aromatic amines is 1. The lowest BCUT2D eigenvalue weighted by molar-refractivity contribution is 0.00578. The first kappa shape index (κ1) is 15.6. The van der Waals surface area contributed by atoms with Gasteiger partial charge in [-0.25, -0.2) is 0 Å². The third kappa shape index (κ3) is 2.57. The molecule has 0 radical (unpaired) electrons. The minimum absolute atomic E-state index is 0.315. The van der Waals surface area contributed by atoms with Crippen molar-refractivity contribution in [2.24, 2.45) is 0 Å². The summed E-state index contributed by atoms with van der Waals surface area (Å²) in [6.07, 6.45) is 3.41. The molecular formula is C17H25BN2O2. The van der Waals surface area contributed by atoms with Crippen LogP contribution in [0.25, 0.3) is 10.9 Å². The molecule has 5 heteroatoms. The maximum Gasteiger partial charge on any atom is 0.494 e. The standard InChI is InChI=1S/C17H25BN2O2/c1-6-7-8-14-13-10-9-12(11-15(13)20-19-14)18-21-16(2,3)17(4,5)22-18/h9-11H,6-8H2,1-5H3,(H,19,20). The van der Waals surface area contributed by atoms with Crippen molar-refractivity contribution in [2.45, 2.75) is 65.1 Å². The summed E-state index contributed by atoms with van der Waals surface area (Å²) in [6, 6.07) is 6.29. The first-order chi connectivity index (χ1) is 10.3. The van der Waals surface area contributed by atoms with Crippen molar-refractivity contribution in [3.8, 4) is 0 Å². The summed E-state index contributed by atoms with van der Waals surface area (Å²) in [5.41, 5.74) is 2.60. The summed E-state index contributed by atoms with van der Waals surface area (Å²) >= 11 is 0. The first-order valence-electron chi connectivity index (χ1n) is 8.16. The highest BCUT2D eigenvalue weighted by Gasteiger charge is 2.51. The maximum absolute atomic E-state index is 6.11. The van der Waals surface area contributed by atoms with Gasteiger partial charge in [-0.05, 0) is 52.1 Å². The Morgan fingerprint density at radius 2 is 1.82 bits per heavy atom. The number of fused-ring (bicyclic) bond motifs is 1. The Balaban J connectivity index is 1.88. The molecule has 0 bridgehead atoms. The molecule has 0 saturated carbocycles. The van der Waals surface area contributed by atoms with Crippen molar-refractivity contribution in [3.63, 3.8) is 0 Å². The summed E-state index contributed by atoms with van der Waals surface area (Å²) in [6.45, 7) is 10.5. The topological polar surface area (TPSA) is 47.1 Å². The molecule has 1 fully saturated rings. The van der Waals surface area contributed by atoms with Crippen molar-refractivity contribution in [1.82, 2.24) is 10.2 Å². The molecule has 118 valence electrons. The zero-order chi connectivity index (χ0) is 16.0. The van der Waals surface area contributed by atoms with Gasteiger partial charge in [0.1, 0.15) is 0 Å². The van der Waals surface area contributed by atoms with E-state index in [1.165, 1.54) is 23.9 Å². The van der Waals surface area contributed by atoms with Gasteiger partial charge in [-0.3, -0.25) is 5.10 Å². The monoisotopic (exact) mass is 300 g/mol. The number of hydrogen-bond acceptors (Lipinski definition) is 3. The Kier molecular flexibility index (Phi) is 3.81. The van der Waals surface area contributed by atoms with Crippen LogP contribution in [0.1, 0.15) is 53.2 Å². The fraction of sp³-hybridized carbons (Fsp3) is 0.588. The van der Waals surface area contributed by atoms with Gasteiger partial charge in [0, 0.05) is 11.1 Å². The third-order valence-electron chi connectivity index (χ3n) is 4.96. The SMILES string of the molecule is CCCCc1[nH]nc2cc(B3OC(C)(C)C(C)(C)O3)ccc12. The number of H-pyrrole nitrogens is 1. The van der Waals surface area contributed by atoms with E-state index in [9.17, 15) is 0 Å². The predicted molar refractivity (Wildman–Crippen MR) is 90.4 cm³/mol. The lowest BCUT2D eigenvalue weighted by Gasteiger charge is -2.32. The summed E-state index contributed by atoms with van der Waals surface area (Å²) in [4.78, 5) is 0. The predicted octanol–water partition coefficient (Wildman–Crippen LogP) is 3.20. The van der Waals surface area contributed by atoms with E-state index in [0.717, 1.165) is 17.4 Å². The van der Waals surface area contributed by atoms with Gasteiger partial charge in [-0.2, -0.15) is 5.10 Å². The highest BCUT2D eigenvalue weighted by molar-refractivity contribution is 6.62.